The van der Waals surface area contributed by atoms with Crippen molar-refractivity contribution in [2.24, 2.45) is 0 Å². The molecule has 0 saturated carbocycles. The number of halogens is 1. The molecule has 3 aromatic rings. The predicted octanol–water partition coefficient (Wildman–Crippen LogP) is 5.09. The minimum atomic E-state index is -0.824. The van der Waals surface area contributed by atoms with Crippen LogP contribution in [0.15, 0.2) is 66.2 Å². The molecule has 0 heterocycles. The van der Waals surface area contributed by atoms with Crippen LogP contribution in [0, 0.1) is 21.4 Å². The molecule has 0 bridgehead atoms. The number of nitriles is 1. The van der Waals surface area contributed by atoms with E-state index >= 15 is 0 Å². The number of methoxy groups -OCH3 is 1. The van der Waals surface area contributed by atoms with E-state index < -0.39 is 16.6 Å². The molecule has 10 heteroatoms. The first kappa shape index (κ1) is 24.1. The number of phenolic OH excluding ortho intramolecular Hbond substituents is 1. The van der Waals surface area contributed by atoms with Gasteiger partial charge in [0, 0.05) is 16.7 Å². The van der Waals surface area contributed by atoms with E-state index in [2.05, 4.69) is 5.32 Å². The largest absolute Gasteiger partial charge is 0.506 e. The van der Waals surface area contributed by atoms with Crippen molar-refractivity contribution >= 4 is 35.0 Å². The van der Waals surface area contributed by atoms with Crippen LogP contribution in [0.4, 0.5) is 11.4 Å². The summed E-state index contributed by atoms with van der Waals surface area (Å²) in [7, 11) is 1.46. The lowest BCUT2D eigenvalue weighted by Crippen LogP contribution is -2.13. The quantitative estimate of drug-likeness (QED) is 0.151. The number of benzene rings is 3. The minimum Gasteiger partial charge on any atom is -0.506 e. The van der Waals surface area contributed by atoms with Gasteiger partial charge in [-0.2, -0.15) is 5.26 Å². The predicted molar refractivity (Wildman–Crippen MR) is 126 cm³/mol. The number of nitro benzene ring substituents is 1. The minimum absolute atomic E-state index is 0.0835. The molecule has 0 radical (unpaired) electrons. The first-order chi connectivity index (χ1) is 16.3. The number of hydrogen-bond acceptors (Lipinski definition) is 7. The zero-order chi connectivity index (χ0) is 24.7. The van der Waals surface area contributed by atoms with Crippen LogP contribution in [0.1, 0.15) is 11.1 Å². The molecule has 1 amide bonds. The van der Waals surface area contributed by atoms with Crippen molar-refractivity contribution < 1.29 is 24.3 Å². The highest BCUT2D eigenvalue weighted by molar-refractivity contribution is 6.30. The van der Waals surface area contributed by atoms with Crippen molar-refractivity contribution in [3.8, 4) is 23.3 Å². The van der Waals surface area contributed by atoms with E-state index in [1.165, 1.54) is 19.3 Å². The number of rotatable bonds is 8. The fraction of sp³-hybridized carbons (Fsp3) is 0.0833. The second-order valence-electron chi connectivity index (χ2n) is 6.88. The maximum Gasteiger partial charge on any atom is 0.273 e. The number of non-ortho nitro benzene ring substituents is 1. The molecule has 0 fully saturated rings. The van der Waals surface area contributed by atoms with Gasteiger partial charge in [0.25, 0.3) is 11.6 Å². The number of para-hydroxylation sites is 1. The molecule has 0 unspecified atom stereocenters. The molecule has 9 nitrogen and oxygen atoms in total. The van der Waals surface area contributed by atoms with Gasteiger partial charge in [0.2, 0.25) is 0 Å². The lowest BCUT2D eigenvalue weighted by atomic mass is 10.1. The molecule has 0 saturated heterocycles. The summed E-state index contributed by atoms with van der Waals surface area (Å²) < 4.78 is 11.3. The van der Waals surface area contributed by atoms with Crippen molar-refractivity contribution in [2.75, 3.05) is 12.4 Å². The van der Waals surface area contributed by atoms with Crippen molar-refractivity contribution in [2.45, 2.75) is 6.61 Å². The summed E-state index contributed by atoms with van der Waals surface area (Å²) in [5.74, 6) is -0.632. The topological polar surface area (TPSA) is 135 Å². The van der Waals surface area contributed by atoms with Crippen molar-refractivity contribution in [1.29, 1.82) is 5.26 Å². The number of nitrogens with one attached hydrogen (secondary N) is 1. The molecule has 3 aromatic carbocycles. The molecule has 34 heavy (non-hydrogen) atoms. The van der Waals surface area contributed by atoms with Gasteiger partial charge in [0.1, 0.15) is 24.0 Å². The van der Waals surface area contributed by atoms with Gasteiger partial charge in [0.15, 0.2) is 11.5 Å². The first-order valence-electron chi connectivity index (χ1n) is 9.77. The second kappa shape index (κ2) is 10.8. The second-order valence-corrected chi connectivity index (χ2v) is 7.32. The molecule has 172 valence electrons. The van der Waals surface area contributed by atoms with Gasteiger partial charge in [-0.15, -0.1) is 0 Å². The number of nitrogens with zero attached hydrogens (tertiary/aromatic N) is 2. The van der Waals surface area contributed by atoms with Gasteiger partial charge >= 0.3 is 0 Å². The third-order valence-corrected chi connectivity index (χ3v) is 4.84. The number of carbonyl (C=O) groups excluding carboxylic acids is 1. The van der Waals surface area contributed by atoms with E-state index in [-0.39, 0.29) is 23.6 Å². The van der Waals surface area contributed by atoms with E-state index in [0.29, 0.717) is 22.1 Å². The Bertz CT molecular complexity index is 1320. The van der Waals surface area contributed by atoms with Crippen LogP contribution in [0.2, 0.25) is 5.02 Å². The van der Waals surface area contributed by atoms with E-state index in [4.69, 9.17) is 21.1 Å². The van der Waals surface area contributed by atoms with E-state index in [9.17, 15) is 25.3 Å². The van der Waals surface area contributed by atoms with E-state index in [0.717, 1.165) is 17.7 Å². The molecule has 0 spiro atoms. The Morgan fingerprint density at radius 1 is 1.24 bits per heavy atom. The van der Waals surface area contributed by atoms with Crippen molar-refractivity contribution in [1.82, 2.24) is 0 Å². The zero-order valence-corrected chi connectivity index (χ0v) is 18.6. The molecule has 0 aliphatic carbocycles. The molecule has 0 aromatic heterocycles. The summed E-state index contributed by atoms with van der Waals surface area (Å²) in [6, 6.07) is 17.1. The van der Waals surface area contributed by atoms with Crippen LogP contribution in [-0.2, 0) is 11.4 Å². The lowest BCUT2D eigenvalue weighted by Gasteiger charge is -2.14. The molecule has 0 aliphatic heterocycles. The zero-order valence-electron chi connectivity index (χ0n) is 17.8. The number of ether oxygens (including phenoxy) is 2. The number of carbonyl (C=O) groups is 1. The molecule has 0 aliphatic rings. The van der Waals surface area contributed by atoms with Gasteiger partial charge in [0.05, 0.1) is 23.8 Å². The van der Waals surface area contributed by atoms with Crippen LogP contribution in [0.5, 0.6) is 17.2 Å². The highest BCUT2D eigenvalue weighted by atomic mass is 35.5. The van der Waals surface area contributed by atoms with E-state index in [1.807, 2.05) is 12.1 Å². The lowest BCUT2D eigenvalue weighted by molar-refractivity contribution is -0.384. The average Bonchev–Trinajstić information content (AvgIpc) is 2.82. The number of nitro groups is 1. The summed E-state index contributed by atoms with van der Waals surface area (Å²) >= 11 is 6.02. The summed E-state index contributed by atoms with van der Waals surface area (Å²) in [6.07, 6.45) is 1.31. The van der Waals surface area contributed by atoms with E-state index in [1.54, 1.807) is 36.4 Å². The number of hydrogen-bond donors (Lipinski definition) is 2. The van der Waals surface area contributed by atoms with Gasteiger partial charge in [-0.25, -0.2) is 0 Å². The summed E-state index contributed by atoms with van der Waals surface area (Å²) in [5.41, 5.74) is 0.490. The SMILES string of the molecule is COc1cccc(/C=C(/C#N)C(=O)Nc2ccc([N+](=O)[O-])cc2O)c1OCc1cccc(Cl)c1. The summed E-state index contributed by atoms with van der Waals surface area (Å²) in [5, 5.41) is 33.3. The number of phenols is 1. The van der Waals surface area contributed by atoms with Crippen LogP contribution in [0.3, 0.4) is 0 Å². The first-order valence-corrected chi connectivity index (χ1v) is 10.1. The third-order valence-electron chi connectivity index (χ3n) is 4.61. The van der Waals surface area contributed by atoms with Crippen LogP contribution in [-0.4, -0.2) is 23.0 Å². The fourth-order valence-electron chi connectivity index (χ4n) is 2.98. The number of amides is 1. The number of aromatic hydroxyl groups is 1. The standard InChI is InChI=1S/C24H18ClN3O6/c1-33-22-7-3-5-16(23(22)34-14-15-4-2-6-18(25)10-15)11-17(13-26)24(30)27-20-9-8-19(28(31)32)12-21(20)29/h2-12,29H,14H2,1H3,(H,27,30)/b17-11-. The van der Waals surface area contributed by atoms with Crippen LogP contribution >= 0.6 is 11.6 Å². The molecule has 2 N–H and O–H groups in total. The summed E-state index contributed by atoms with van der Waals surface area (Å²) in [6.45, 7) is 0.159. The van der Waals surface area contributed by atoms with Crippen LogP contribution < -0.4 is 14.8 Å². The van der Waals surface area contributed by atoms with Crippen LogP contribution in [0.25, 0.3) is 6.08 Å². The van der Waals surface area contributed by atoms with Gasteiger partial charge in [-0.1, -0.05) is 35.9 Å². The fourth-order valence-corrected chi connectivity index (χ4v) is 3.19. The number of anilines is 1. The Kier molecular flexibility index (Phi) is 7.69. The van der Waals surface area contributed by atoms with Gasteiger partial charge in [-0.3, -0.25) is 14.9 Å². The van der Waals surface area contributed by atoms with Gasteiger partial charge in [-0.05, 0) is 35.9 Å². The monoisotopic (exact) mass is 479 g/mol. The molecule has 0 atom stereocenters. The Hall–Kier alpha value is -4.55. The molecular formula is C24H18ClN3O6. The third kappa shape index (κ3) is 5.82. The van der Waals surface area contributed by atoms with Gasteiger partial charge < -0.3 is 19.9 Å². The smallest absolute Gasteiger partial charge is 0.273 e. The Labute approximate surface area is 199 Å². The highest BCUT2D eigenvalue weighted by Gasteiger charge is 2.17. The highest BCUT2D eigenvalue weighted by Crippen LogP contribution is 2.34. The molecule has 3 rings (SSSR count). The molecular weight excluding hydrogens is 462 g/mol. The Balaban J connectivity index is 1.88. The normalized spacial score (nSPS) is 10.8. The maximum atomic E-state index is 12.7. The van der Waals surface area contributed by atoms with Crippen molar-refractivity contribution in [3.63, 3.8) is 0 Å². The summed E-state index contributed by atoms with van der Waals surface area (Å²) in [4.78, 5) is 22.8. The maximum absolute atomic E-state index is 12.7. The average molecular weight is 480 g/mol. The Morgan fingerprint density at radius 2 is 2.00 bits per heavy atom. The Morgan fingerprint density at radius 3 is 2.65 bits per heavy atom. The van der Waals surface area contributed by atoms with Crippen molar-refractivity contribution in [3.05, 3.63) is 92.5 Å².